The first-order valence-corrected chi connectivity index (χ1v) is 6.04. The van der Waals surface area contributed by atoms with E-state index in [2.05, 4.69) is 0 Å². The van der Waals surface area contributed by atoms with Crippen LogP contribution in [0.5, 0.6) is 5.75 Å². The SMILES string of the molecule is CS(=O)(=O)c1cc(Cl)cc(CN)c1O.Cl. The fourth-order valence-electron chi connectivity index (χ4n) is 1.07. The highest BCUT2D eigenvalue weighted by atomic mass is 35.5. The lowest BCUT2D eigenvalue weighted by Gasteiger charge is -2.07. The number of aromatic hydroxyl groups is 1. The molecule has 0 amide bonds. The van der Waals surface area contributed by atoms with E-state index >= 15 is 0 Å². The third-order valence-electron chi connectivity index (χ3n) is 1.74. The van der Waals surface area contributed by atoms with E-state index in [1.165, 1.54) is 12.1 Å². The van der Waals surface area contributed by atoms with Crippen LogP contribution in [0, 0.1) is 0 Å². The van der Waals surface area contributed by atoms with Gasteiger partial charge in [-0.15, -0.1) is 12.4 Å². The van der Waals surface area contributed by atoms with Gasteiger partial charge in [0.15, 0.2) is 9.84 Å². The maximum Gasteiger partial charge on any atom is 0.179 e. The molecule has 0 spiro atoms. The van der Waals surface area contributed by atoms with Gasteiger partial charge in [-0.3, -0.25) is 0 Å². The van der Waals surface area contributed by atoms with Gasteiger partial charge in [0.1, 0.15) is 10.6 Å². The Morgan fingerprint density at radius 3 is 2.40 bits per heavy atom. The van der Waals surface area contributed by atoms with Gasteiger partial charge in [-0.1, -0.05) is 11.6 Å². The molecule has 0 atom stereocenters. The van der Waals surface area contributed by atoms with Crippen molar-refractivity contribution in [1.82, 2.24) is 0 Å². The Morgan fingerprint density at radius 1 is 1.47 bits per heavy atom. The van der Waals surface area contributed by atoms with Crippen molar-refractivity contribution < 1.29 is 13.5 Å². The summed E-state index contributed by atoms with van der Waals surface area (Å²) in [5, 5.41) is 9.77. The number of hydrogen-bond acceptors (Lipinski definition) is 4. The highest BCUT2D eigenvalue weighted by molar-refractivity contribution is 7.90. The molecule has 7 heteroatoms. The van der Waals surface area contributed by atoms with E-state index in [1.54, 1.807) is 0 Å². The molecule has 0 fully saturated rings. The molecule has 0 aliphatic heterocycles. The highest BCUT2D eigenvalue weighted by Crippen LogP contribution is 2.30. The predicted molar refractivity (Wildman–Crippen MR) is 61.4 cm³/mol. The van der Waals surface area contributed by atoms with Crippen LogP contribution < -0.4 is 5.73 Å². The summed E-state index contributed by atoms with van der Waals surface area (Å²) in [5.41, 5.74) is 5.64. The van der Waals surface area contributed by atoms with Crippen LogP contribution in [0.2, 0.25) is 5.02 Å². The van der Waals surface area contributed by atoms with Gasteiger partial charge in [0.25, 0.3) is 0 Å². The van der Waals surface area contributed by atoms with Crippen molar-refractivity contribution in [2.75, 3.05) is 6.26 Å². The second-order valence-corrected chi connectivity index (χ2v) is 5.31. The highest BCUT2D eigenvalue weighted by Gasteiger charge is 2.16. The van der Waals surface area contributed by atoms with Crippen LogP contribution in [0.3, 0.4) is 0 Å². The average molecular weight is 272 g/mol. The van der Waals surface area contributed by atoms with Gasteiger partial charge in [-0.25, -0.2) is 8.42 Å². The quantitative estimate of drug-likeness (QED) is 0.851. The fourth-order valence-corrected chi connectivity index (χ4v) is 2.20. The molecule has 0 aliphatic rings. The molecule has 0 heterocycles. The Kier molecular flexibility index (Phi) is 4.86. The average Bonchev–Trinajstić information content (AvgIpc) is 2.06. The Balaban J connectivity index is 0.00000196. The van der Waals surface area contributed by atoms with Crippen molar-refractivity contribution in [3.63, 3.8) is 0 Å². The van der Waals surface area contributed by atoms with Gasteiger partial charge < -0.3 is 10.8 Å². The molecule has 0 unspecified atom stereocenters. The van der Waals surface area contributed by atoms with E-state index in [-0.39, 0.29) is 34.6 Å². The number of phenols is 1. The Hall–Kier alpha value is -0.490. The minimum absolute atomic E-state index is 0. The van der Waals surface area contributed by atoms with E-state index in [1.807, 2.05) is 0 Å². The van der Waals surface area contributed by atoms with Crippen LogP contribution in [-0.2, 0) is 16.4 Å². The Labute approximate surface area is 99.4 Å². The first kappa shape index (κ1) is 14.5. The lowest BCUT2D eigenvalue weighted by Crippen LogP contribution is -2.03. The van der Waals surface area contributed by atoms with Crippen LogP contribution in [0.4, 0.5) is 0 Å². The summed E-state index contributed by atoms with van der Waals surface area (Å²) in [5.74, 6) is -0.320. The first-order valence-electron chi connectivity index (χ1n) is 3.77. The summed E-state index contributed by atoms with van der Waals surface area (Å²) in [4.78, 5) is -0.189. The second-order valence-electron chi connectivity index (χ2n) is 2.89. The zero-order chi connectivity index (χ0) is 10.9. The Morgan fingerprint density at radius 2 is 2.00 bits per heavy atom. The third kappa shape index (κ3) is 3.24. The molecule has 0 saturated carbocycles. The van der Waals surface area contributed by atoms with Crippen LogP contribution in [-0.4, -0.2) is 19.8 Å². The van der Waals surface area contributed by atoms with Gasteiger partial charge in [-0.05, 0) is 12.1 Å². The van der Waals surface area contributed by atoms with Gasteiger partial charge in [0, 0.05) is 23.4 Å². The molecule has 0 bridgehead atoms. The van der Waals surface area contributed by atoms with Crippen LogP contribution in [0.15, 0.2) is 17.0 Å². The van der Waals surface area contributed by atoms with Gasteiger partial charge in [0.05, 0.1) is 0 Å². The summed E-state index contributed by atoms with van der Waals surface area (Å²) in [6, 6.07) is 2.64. The monoisotopic (exact) mass is 271 g/mol. The molecule has 1 rings (SSSR count). The largest absolute Gasteiger partial charge is 0.506 e. The van der Waals surface area contributed by atoms with Crippen molar-refractivity contribution in [2.45, 2.75) is 11.4 Å². The van der Waals surface area contributed by atoms with Gasteiger partial charge in [0.2, 0.25) is 0 Å². The summed E-state index contributed by atoms with van der Waals surface area (Å²) < 4.78 is 22.4. The molecule has 0 aliphatic carbocycles. The summed E-state index contributed by atoms with van der Waals surface area (Å²) >= 11 is 5.68. The summed E-state index contributed by atoms with van der Waals surface area (Å²) in [6.07, 6.45) is 0.999. The topological polar surface area (TPSA) is 80.4 Å². The second kappa shape index (κ2) is 5.03. The van der Waals surface area contributed by atoms with E-state index in [9.17, 15) is 13.5 Å². The zero-order valence-corrected chi connectivity index (χ0v) is 10.3. The maximum absolute atomic E-state index is 11.2. The normalized spacial score (nSPS) is 10.9. The molecule has 0 saturated heterocycles. The van der Waals surface area contributed by atoms with Gasteiger partial charge in [-0.2, -0.15) is 0 Å². The molecule has 1 aromatic rings. The molecule has 3 N–H and O–H groups in total. The summed E-state index contributed by atoms with van der Waals surface area (Å²) in [6.45, 7) is 0.0366. The molecular formula is C8H11Cl2NO3S. The van der Waals surface area contributed by atoms with E-state index in [4.69, 9.17) is 17.3 Å². The first-order chi connectivity index (χ1) is 6.36. The molecule has 15 heavy (non-hydrogen) atoms. The lowest BCUT2D eigenvalue weighted by molar-refractivity contribution is 0.452. The number of halogens is 2. The number of nitrogens with two attached hydrogens (primary N) is 1. The maximum atomic E-state index is 11.2. The zero-order valence-electron chi connectivity index (χ0n) is 7.90. The fraction of sp³-hybridized carbons (Fsp3) is 0.250. The van der Waals surface area contributed by atoms with Crippen molar-refractivity contribution in [3.05, 3.63) is 22.7 Å². The number of sulfone groups is 1. The number of hydrogen-bond donors (Lipinski definition) is 2. The van der Waals surface area contributed by atoms with E-state index in [0.717, 1.165) is 6.26 Å². The minimum atomic E-state index is -3.48. The van der Waals surface area contributed by atoms with Crippen LogP contribution >= 0.6 is 24.0 Å². The molecule has 86 valence electrons. The Bertz CT molecular complexity index is 459. The van der Waals surface area contributed by atoms with E-state index < -0.39 is 9.84 Å². The smallest absolute Gasteiger partial charge is 0.179 e. The van der Waals surface area contributed by atoms with Crippen LogP contribution in [0.25, 0.3) is 0 Å². The lowest BCUT2D eigenvalue weighted by atomic mass is 10.2. The number of phenolic OH excluding ortho intramolecular Hbond substituents is 1. The molecule has 4 nitrogen and oxygen atoms in total. The van der Waals surface area contributed by atoms with Crippen LogP contribution in [0.1, 0.15) is 5.56 Å². The number of benzene rings is 1. The molecule has 0 aromatic heterocycles. The standard InChI is InChI=1S/C8H10ClNO3S.ClH/c1-14(12,13)7-3-6(9)2-5(4-10)8(7)11;/h2-3,11H,4,10H2,1H3;1H. The molecular weight excluding hydrogens is 261 g/mol. The van der Waals surface area contributed by atoms with Crippen molar-refractivity contribution in [1.29, 1.82) is 0 Å². The molecule has 0 radical (unpaired) electrons. The number of rotatable bonds is 2. The third-order valence-corrected chi connectivity index (χ3v) is 3.07. The van der Waals surface area contributed by atoms with Crippen molar-refractivity contribution >= 4 is 33.8 Å². The minimum Gasteiger partial charge on any atom is -0.506 e. The predicted octanol–water partition coefficient (Wildman–Crippen LogP) is 1.33. The summed E-state index contributed by atoms with van der Waals surface area (Å²) in [7, 11) is -3.48. The van der Waals surface area contributed by atoms with Gasteiger partial charge >= 0.3 is 0 Å². The van der Waals surface area contributed by atoms with E-state index in [0.29, 0.717) is 5.56 Å². The van der Waals surface area contributed by atoms with Crippen molar-refractivity contribution in [2.24, 2.45) is 5.73 Å². The van der Waals surface area contributed by atoms with Crippen molar-refractivity contribution in [3.8, 4) is 5.75 Å². The molecule has 1 aromatic carbocycles.